The largest absolute Gasteiger partial charge is 0.472 e. The van der Waals surface area contributed by atoms with Crippen LogP contribution in [0.5, 0.6) is 0 Å². The number of hydrogen-bond acceptors (Lipinski definition) is 7. The summed E-state index contributed by atoms with van der Waals surface area (Å²) in [5.74, 6) is -0.923. The van der Waals surface area contributed by atoms with E-state index in [1.807, 2.05) is 19.9 Å². The van der Waals surface area contributed by atoms with Gasteiger partial charge >= 0.3 is 5.97 Å². The van der Waals surface area contributed by atoms with Crippen molar-refractivity contribution in [2.75, 3.05) is 6.61 Å². The predicted molar refractivity (Wildman–Crippen MR) is 120 cm³/mol. The molecule has 0 spiro atoms. The van der Waals surface area contributed by atoms with Crippen LogP contribution in [0, 0.1) is 28.1 Å². The highest BCUT2D eigenvalue weighted by Gasteiger charge is 2.77. The monoisotopic (exact) mass is 464 g/mol. The molecule has 178 valence electrons. The number of ether oxygens (including phenoxy) is 3. The van der Waals surface area contributed by atoms with Gasteiger partial charge < -0.3 is 18.6 Å². The Morgan fingerprint density at radius 3 is 2.68 bits per heavy atom. The summed E-state index contributed by atoms with van der Waals surface area (Å²) in [6.07, 6.45) is 7.96. The van der Waals surface area contributed by atoms with Gasteiger partial charge in [-0.05, 0) is 61.1 Å². The van der Waals surface area contributed by atoms with Crippen molar-refractivity contribution in [2.45, 2.75) is 52.4 Å². The second-order valence-electron chi connectivity index (χ2n) is 10.8. The van der Waals surface area contributed by atoms with Gasteiger partial charge in [0.1, 0.15) is 12.2 Å². The molecule has 0 amide bonds. The zero-order chi connectivity index (χ0) is 24.0. The third kappa shape index (κ3) is 2.33. The summed E-state index contributed by atoms with van der Waals surface area (Å²) in [5, 5.41) is 0. The molecule has 0 aromatic carbocycles. The summed E-state index contributed by atoms with van der Waals surface area (Å²) in [5.41, 5.74) is 1.82. The Morgan fingerprint density at radius 1 is 1.18 bits per heavy atom. The highest BCUT2D eigenvalue weighted by Crippen LogP contribution is 2.71. The predicted octanol–water partition coefficient (Wildman–Crippen LogP) is 3.65. The molecule has 7 heteroatoms. The molecule has 5 aliphatic rings. The van der Waals surface area contributed by atoms with Gasteiger partial charge in [0.05, 0.1) is 30.7 Å². The Bertz CT molecular complexity index is 1190. The maximum Gasteiger partial charge on any atom is 0.316 e. The topological polar surface area (TPSA) is 92.0 Å². The molecule has 2 aliphatic heterocycles. The molecule has 2 unspecified atom stereocenters. The van der Waals surface area contributed by atoms with E-state index in [1.165, 1.54) is 0 Å². The summed E-state index contributed by atoms with van der Waals surface area (Å²) in [7, 11) is 0. The maximum absolute atomic E-state index is 13.7. The molecule has 3 heterocycles. The van der Waals surface area contributed by atoms with Crippen molar-refractivity contribution < 1.29 is 33.0 Å². The normalized spacial score (nSPS) is 43.9. The third-order valence-corrected chi connectivity index (χ3v) is 9.46. The number of rotatable bonds is 5. The molecule has 0 N–H and O–H groups in total. The third-order valence-electron chi connectivity index (χ3n) is 9.46. The Kier molecular flexibility index (Phi) is 4.33. The van der Waals surface area contributed by atoms with Gasteiger partial charge in [-0.3, -0.25) is 14.4 Å². The van der Waals surface area contributed by atoms with Crippen LogP contribution in [0.25, 0.3) is 5.57 Å². The van der Waals surface area contributed by atoms with Crippen molar-refractivity contribution in [2.24, 2.45) is 28.1 Å². The SMILES string of the molecule is CC1=C2[C@@H](C=C1c1ccoc1)O[C@@H]1C3OC(=O)[C@]4(C)C=CC(=O)[C@@](C)(C34)[C@@H](CCOC=O)[C@]21C. The van der Waals surface area contributed by atoms with Crippen LogP contribution >= 0.6 is 0 Å². The molecule has 0 radical (unpaired) electrons. The molecular weight excluding hydrogens is 436 g/mol. The number of furan rings is 1. The summed E-state index contributed by atoms with van der Waals surface area (Å²) in [6, 6.07) is 1.92. The Balaban J connectivity index is 1.55. The first-order valence-electron chi connectivity index (χ1n) is 11.8. The number of fused-ring (bicyclic) bond motifs is 4. The maximum atomic E-state index is 13.7. The van der Waals surface area contributed by atoms with Crippen molar-refractivity contribution in [1.29, 1.82) is 0 Å². The van der Waals surface area contributed by atoms with Gasteiger partial charge in [-0.2, -0.15) is 0 Å². The highest BCUT2D eigenvalue weighted by atomic mass is 16.6. The fourth-order valence-electron chi connectivity index (χ4n) is 8.11. The van der Waals surface area contributed by atoms with Crippen molar-refractivity contribution in [3.63, 3.8) is 0 Å². The molecule has 1 aromatic heterocycles. The van der Waals surface area contributed by atoms with E-state index in [0.717, 1.165) is 22.3 Å². The molecule has 7 nitrogen and oxygen atoms in total. The quantitative estimate of drug-likeness (QED) is 0.373. The zero-order valence-corrected chi connectivity index (χ0v) is 19.7. The summed E-state index contributed by atoms with van der Waals surface area (Å²) in [4.78, 5) is 37.8. The van der Waals surface area contributed by atoms with Crippen LogP contribution in [-0.4, -0.2) is 43.1 Å². The van der Waals surface area contributed by atoms with Crippen LogP contribution in [0.15, 0.2) is 52.4 Å². The van der Waals surface area contributed by atoms with Gasteiger partial charge in [0.2, 0.25) is 0 Å². The lowest BCUT2D eigenvalue weighted by Crippen LogP contribution is -2.66. The number of allylic oxidation sites excluding steroid dienone is 3. The molecule has 34 heavy (non-hydrogen) atoms. The van der Waals surface area contributed by atoms with Gasteiger partial charge in [-0.1, -0.05) is 19.9 Å². The van der Waals surface area contributed by atoms with Gasteiger partial charge in [-0.25, -0.2) is 0 Å². The smallest absolute Gasteiger partial charge is 0.316 e. The summed E-state index contributed by atoms with van der Waals surface area (Å²) < 4.78 is 23.2. The van der Waals surface area contributed by atoms with Crippen LogP contribution < -0.4 is 0 Å². The first kappa shape index (κ1) is 21.6. The van der Waals surface area contributed by atoms with E-state index in [2.05, 4.69) is 19.9 Å². The molecule has 1 aromatic rings. The number of hydrogen-bond donors (Lipinski definition) is 0. The van der Waals surface area contributed by atoms with Crippen molar-refractivity contribution in [3.05, 3.63) is 53.5 Å². The van der Waals surface area contributed by atoms with E-state index in [9.17, 15) is 14.4 Å². The fraction of sp³-hybridized carbons (Fsp3) is 0.519. The Labute approximate surface area is 197 Å². The van der Waals surface area contributed by atoms with E-state index >= 15 is 0 Å². The van der Waals surface area contributed by atoms with Gasteiger partial charge in [-0.15, -0.1) is 0 Å². The van der Waals surface area contributed by atoms with Crippen LogP contribution in [0.1, 0.15) is 39.7 Å². The fourth-order valence-corrected chi connectivity index (χ4v) is 8.11. The molecule has 8 atom stereocenters. The van der Waals surface area contributed by atoms with Crippen LogP contribution in [-0.2, 0) is 28.6 Å². The number of esters is 1. The van der Waals surface area contributed by atoms with Crippen LogP contribution in [0.2, 0.25) is 0 Å². The van der Waals surface area contributed by atoms with Crippen LogP contribution in [0.3, 0.4) is 0 Å². The van der Waals surface area contributed by atoms with Crippen LogP contribution in [0.4, 0.5) is 0 Å². The van der Waals surface area contributed by atoms with Crippen molar-refractivity contribution >= 4 is 23.8 Å². The van der Waals surface area contributed by atoms with E-state index in [4.69, 9.17) is 18.6 Å². The minimum absolute atomic E-state index is 0.0169. The van der Waals surface area contributed by atoms with E-state index < -0.39 is 28.5 Å². The number of carbonyl (C=O) groups excluding carboxylic acids is 3. The zero-order valence-electron chi connectivity index (χ0n) is 19.7. The van der Waals surface area contributed by atoms with E-state index in [0.29, 0.717) is 12.9 Å². The Hall–Kier alpha value is -2.93. The summed E-state index contributed by atoms with van der Waals surface area (Å²) >= 11 is 0. The highest BCUT2D eigenvalue weighted by molar-refractivity contribution is 6.00. The second kappa shape index (κ2) is 6.81. The van der Waals surface area contributed by atoms with Crippen molar-refractivity contribution in [3.8, 4) is 0 Å². The molecular formula is C27H28O7. The lowest BCUT2D eigenvalue weighted by molar-refractivity contribution is -0.186. The summed E-state index contributed by atoms with van der Waals surface area (Å²) in [6.45, 7) is 8.66. The molecule has 3 fully saturated rings. The number of carbonyl (C=O) groups is 3. The minimum atomic E-state index is -0.902. The standard InChI is InChI=1S/C27H28O7/c1-14-16(15-6-9-31-12-15)11-17-20(14)27(4)18(7-10-32-13-28)26(3)19(29)5-8-25(2)22(26)21(23(27)33-17)34-24(25)30/h5-6,8-9,11-13,17-18,21-23H,7,10H2,1-4H3/t17-,18-,21?,22?,23-,25-,26+,27-/m1/s1. The first-order chi connectivity index (χ1) is 16.2. The average molecular weight is 465 g/mol. The molecule has 1 saturated carbocycles. The first-order valence-corrected chi connectivity index (χ1v) is 11.8. The van der Waals surface area contributed by atoms with E-state index in [1.54, 1.807) is 24.7 Å². The number of ketones is 1. The van der Waals surface area contributed by atoms with Gasteiger partial charge in [0, 0.05) is 22.3 Å². The van der Waals surface area contributed by atoms with Gasteiger partial charge in [0.25, 0.3) is 6.47 Å². The lowest BCUT2D eigenvalue weighted by Gasteiger charge is -2.59. The average Bonchev–Trinajstić information content (AvgIpc) is 3.54. The Morgan fingerprint density at radius 2 is 1.97 bits per heavy atom. The van der Waals surface area contributed by atoms with Gasteiger partial charge in [0.15, 0.2) is 5.78 Å². The molecule has 3 aliphatic carbocycles. The second-order valence-corrected chi connectivity index (χ2v) is 10.8. The van der Waals surface area contributed by atoms with Crippen molar-refractivity contribution in [1.82, 2.24) is 0 Å². The lowest BCUT2D eigenvalue weighted by atomic mass is 9.42. The van der Waals surface area contributed by atoms with E-state index in [-0.39, 0.29) is 36.3 Å². The molecule has 0 bridgehead atoms. The molecule has 6 rings (SSSR count). The minimum Gasteiger partial charge on any atom is -0.472 e. The molecule has 2 saturated heterocycles.